The average molecular weight is 342 g/mol. The van der Waals surface area contributed by atoms with Crippen LogP contribution in [0.1, 0.15) is 25.3 Å². The molecule has 6 heteroatoms. The Bertz CT molecular complexity index is 739. The Kier molecular flexibility index (Phi) is 5.38. The van der Waals surface area contributed by atoms with Gasteiger partial charge in [0.05, 0.1) is 6.61 Å². The van der Waals surface area contributed by atoms with E-state index in [1.165, 1.54) is 0 Å². The number of benzene rings is 1. The van der Waals surface area contributed by atoms with Gasteiger partial charge in [0.1, 0.15) is 11.6 Å². The lowest BCUT2D eigenvalue weighted by molar-refractivity contribution is -0.119. The summed E-state index contributed by atoms with van der Waals surface area (Å²) in [5.74, 6) is 1.98. The van der Waals surface area contributed by atoms with Crippen molar-refractivity contribution in [2.45, 2.75) is 38.9 Å². The molecule has 0 saturated carbocycles. The van der Waals surface area contributed by atoms with E-state index in [2.05, 4.69) is 31.9 Å². The topological polar surface area (TPSA) is 59.4 Å². The zero-order valence-electron chi connectivity index (χ0n) is 15.2. The Labute approximate surface area is 148 Å². The van der Waals surface area contributed by atoms with Gasteiger partial charge in [0.2, 0.25) is 5.91 Å². The van der Waals surface area contributed by atoms with E-state index < -0.39 is 0 Å². The average Bonchev–Trinajstić information content (AvgIpc) is 3.18. The highest BCUT2D eigenvalue weighted by Crippen LogP contribution is 2.27. The molecule has 134 valence electrons. The highest BCUT2D eigenvalue weighted by molar-refractivity contribution is 5.78. The summed E-state index contributed by atoms with van der Waals surface area (Å²) in [7, 11) is 4.10. The summed E-state index contributed by atoms with van der Waals surface area (Å²) in [6.07, 6.45) is 5.28. The summed E-state index contributed by atoms with van der Waals surface area (Å²) in [5, 5.41) is 3.02. The standard InChI is InChI=1S/C19H26N4O2/c1-4-25-17-7-5-14(11-15(17)12-22(2)3)19-20-9-10-23(19)13-16-6-8-18(24)21-16/h5,7,9-11,16H,4,6,8,12-13H2,1-3H3,(H,21,24). The van der Waals surface area contributed by atoms with Crippen LogP contribution < -0.4 is 10.1 Å². The maximum atomic E-state index is 11.4. The lowest BCUT2D eigenvalue weighted by Gasteiger charge is -2.17. The predicted octanol–water partition coefficient (Wildman–Crippen LogP) is 2.29. The molecule has 1 unspecified atom stereocenters. The summed E-state index contributed by atoms with van der Waals surface area (Å²) >= 11 is 0. The van der Waals surface area contributed by atoms with Gasteiger partial charge in [-0.25, -0.2) is 4.98 Å². The molecule has 6 nitrogen and oxygen atoms in total. The van der Waals surface area contributed by atoms with E-state index in [-0.39, 0.29) is 11.9 Å². The van der Waals surface area contributed by atoms with Crippen LogP contribution >= 0.6 is 0 Å². The van der Waals surface area contributed by atoms with Gasteiger partial charge in [-0.15, -0.1) is 0 Å². The quantitative estimate of drug-likeness (QED) is 0.839. The molecule has 1 fully saturated rings. The first-order chi connectivity index (χ1) is 12.1. The third-order valence-corrected chi connectivity index (χ3v) is 4.32. The van der Waals surface area contributed by atoms with Gasteiger partial charge in [0.25, 0.3) is 0 Å². The molecule has 0 bridgehead atoms. The molecule has 3 rings (SSSR count). The lowest BCUT2D eigenvalue weighted by Crippen LogP contribution is -2.29. The minimum Gasteiger partial charge on any atom is -0.494 e. The van der Waals surface area contributed by atoms with Crippen LogP contribution in [0.4, 0.5) is 0 Å². The molecule has 1 saturated heterocycles. The molecule has 1 aromatic heterocycles. The fourth-order valence-corrected chi connectivity index (χ4v) is 3.25. The zero-order chi connectivity index (χ0) is 17.8. The summed E-state index contributed by atoms with van der Waals surface area (Å²) in [5.41, 5.74) is 2.21. The number of ether oxygens (including phenoxy) is 1. The Morgan fingerprint density at radius 1 is 1.40 bits per heavy atom. The van der Waals surface area contributed by atoms with Crippen molar-refractivity contribution in [3.05, 3.63) is 36.2 Å². The van der Waals surface area contributed by atoms with E-state index in [0.717, 1.165) is 42.2 Å². The number of carbonyl (C=O) groups is 1. The maximum Gasteiger partial charge on any atom is 0.220 e. The molecule has 1 amide bonds. The van der Waals surface area contributed by atoms with Crippen LogP contribution in [0.25, 0.3) is 11.4 Å². The summed E-state index contributed by atoms with van der Waals surface area (Å²) in [6, 6.07) is 6.41. The fraction of sp³-hybridized carbons (Fsp3) is 0.474. The van der Waals surface area contributed by atoms with Crippen LogP contribution in [0.15, 0.2) is 30.6 Å². The van der Waals surface area contributed by atoms with E-state index in [0.29, 0.717) is 13.0 Å². The number of rotatable bonds is 7. The van der Waals surface area contributed by atoms with Crippen LogP contribution in [-0.4, -0.2) is 47.1 Å². The van der Waals surface area contributed by atoms with Crippen molar-refractivity contribution in [1.29, 1.82) is 0 Å². The first kappa shape index (κ1) is 17.5. The van der Waals surface area contributed by atoms with Crippen molar-refractivity contribution in [3.63, 3.8) is 0 Å². The SMILES string of the molecule is CCOc1ccc(-c2nccn2CC2CCC(=O)N2)cc1CN(C)C. The van der Waals surface area contributed by atoms with E-state index in [9.17, 15) is 4.79 Å². The van der Waals surface area contributed by atoms with E-state index in [4.69, 9.17) is 4.74 Å². The van der Waals surface area contributed by atoms with Crippen LogP contribution in [0.5, 0.6) is 5.75 Å². The first-order valence-corrected chi connectivity index (χ1v) is 8.78. The van der Waals surface area contributed by atoms with Gasteiger partial charge in [-0.05, 0) is 45.6 Å². The second-order valence-corrected chi connectivity index (χ2v) is 6.70. The predicted molar refractivity (Wildman–Crippen MR) is 97.4 cm³/mol. The van der Waals surface area contributed by atoms with Gasteiger partial charge in [-0.3, -0.25) is 4.79 Å². The van der Waals surface area contributed by atoms with E-state index in [1.807, 2.05) is 39.5 Å². The summed E-state index contributed by atoms with van der Waals surface area (Å²) in [4.78, 5) is 18.1. The Balaban J connectivity index is 1.86. The molecule has 1 N–H and O–H groups in total. The van der Waals surface area contributed by atoms with Gasteiger partial charge in [0, 0.05) is 49.1 Å². The molecule has 0 spiro atoms. The van der Waals surface area contributed by atoms with Gasteiger partial charge in [-0.1, -0.05) is 0 Å². The Morgan fingerprint density at radius 2 is 2.24 bits per heavy atom. The highest BCUT2D eigenvalue weighted by atomic mass is 16.5. The number of aromatic nitrogens is 2. The monoisotopic (exact) mass is 342 g/mol. The summed E-state index contributed by atoms with van der Waals surface area (Å²) < 4.78 is 7.87. The summed E-state index contributed by atoms with van der Waals surface area (Å²) in [6.45, 7) is 4.20. The van der Waals surface area contributed by atoms with E-state index in [1.54, 1.807) is 0 Å². The second-order valence-electron chi connectivity index (χ2n) is 6.70. The fourth-order valence-electron chi connectivity index (χ4n) is 3.25. The minimum atomic E-state index is 0.140. The third kappa shape index (κ3) is 4.20. The minimum absolute atomic E-state index is 0.140. The molecule has 1 atom stereocenters. The molecular weight excluding hydrogens is 316 g/mol. The number of nitrogens with one attached hydrogen (secondary N) is 1. The van der Waals surface area contributed by atoms with Crippen LogP contribution in [0.3, 0.4) is 0 Å². The number of imidazole rings is 1. The molecule has 1 aliphatic rings. The van der Waals surface area contributed by atoms with Crippen LogP contribution in [0.2, 0.25) is 0 Å². The van der Waals surface area contributed by atoms with Crippen molar-refractivity contribution >= 4 is 5.91 Å². The lowest BCUT2D eigenvalue weighted by atomic mass is 10.1. The molecular formula is C19H26N4O2. The number of carbonyl (C=O) groups excluding carboxylic acids is 1. The van der Waals surface area contributed by atoms with Gasteiger partial charge >= 0.3 is 0 Å². The van der Waals surface area contributed by atoms with Crippen molar-refractivity contribution in [3.8, 4) is 17.1 Å². The number of nitrogens with zero attached hydrogens (tertiary/aromatic N) is 3. The molecule has 1 aromatic carbocycles. The van der Waals surface area contributed by atoms with Crippen molar-refractivity contribution in [1.82, 2.24) is 19.8 Å². The molecule has 25 heavy (non-hydrogen) atoms. The molecule has 0 aliphatic carbocycles. The molecule has 0 radical (unpaired) electrons. The highest BCUT2D eigenvalue weighted by Gasteiger charge is 2.22. The smallest absolute Gasteiger partial charge is 0.220 e. The normalized spacial score (nSPS) is 17.1. The van der Waals surface area contributed by atoms with Gasteiger partial charge < -0.3 is 19.5 Å². The van der Waals surface area contributed by atoms with Crippen molar-refractivity contribution in [2.75, 3.05) is 20.7 Å². The number of amides is 1. The largest absolute Gasteiger partial charge is 0.494 e. The first-order valence-electron chi connectivity index (χ1n) is 8.78. The van der Waals surface area contributed by atoms with Crippen LogP contribution in [-0.2, 0) is 17.9 Å². The van der Waals surface area contributed by atoms with Gasteiger partial charge in [0.15, 0.2) is 0 Å². The Morgan fingerprint density at radius 3 is 2.92 bits per heavy atom. The van der Waals surface area contributed by atoms with Crippen molar-refractivity contribution < 1.29 is 9.53 Å². The second kappa shape index (κ2) is 7.70. The zero-order valence-corrected chi connectivity index (χ0v) is 15.2. The van der Waals surface area contributed by atoms with Crippen LogP contribution in [0, 0.1) is 0 Å². The van der Waals surface area contributed by atoms with Gasteiger partial charge in [-0.2, -0.15) is 0 Å². The molecule has 2 heterocycles. The number of hydrogen-bond acceptors (Lipinski definition) is 4. The maximum absolute atomic E-state index is 11.4. The third-order valence-electron chi connectivity index (χ3n) is 4.32. The molecule has 2 aromatic rings. The molecule has 1 aliphatic heterocycles. The van der Waals surface area contributed by atoms with E-state index >= 15 is 0 Å². The Hall–Kier alpha value is -2.34. The van der Waals surface area contributed by atoms with Crippen molar-refractivity contribution in [2.24, 2.45) is 0 Å². The number of hydrogen-bond donors (Lipinski definition) is 1.